The summed E-state index contributed by atoms with van der Waals surface area (Å²) in [5.41, 5.74) is 1.47. The zero-order valence-electron chi connectivity index (χ0n) is 10.3. The quantitative estimate of drug-likeness (QED) is 0.807. The normalized spacial score (nSPS) is 10.2. The van der Waals surface area contributed by atoms with E-state index >= 15 is 0 Å². The lowest BCUT2D eigenvalue weighted by Gasteiger charge is -2.10. The van der Waals surface area contributed by atoms with Crippen LogP contribution in [0.3, 0.4) is 0 Å². The molecule has 3 nitrogen and oxygen atoms in total. The van der Waals surface area contributed by atoms with Gasteiger partial charge in [-0.15, -0.1) is 0 Å². The van der Waals surface area contributed by atoms with Crippen molar-refractivity contribution in [2.24, 2.45) is 0 Å². The molecule has 0 aliphatic heterocycles. The average Bonchev–Trinajstić information content (AvgIpc) is 2.43. The second kappa shape index (κ2) is 6.97. The third kappa shape index (κ3) is 4.13. The van der Waals surface area contributed by atoms with Gasteiger partial charge in [-0.05, 0) is 52.3 Å². The number of carbonyl (C=O) groups excluding carboxylic acids is 1. The van der Waals surface area contributed by atoms with Gasteiger partial charge in [0.1, 0.15) is 0 Å². The second-order valence-corrected chi connectivity index (χ2v) is 5.65. The number of carbonyl (C=O) groups is 1. The highest BCUT2D eigenvalue weighted by molar-refractivity contribution is 9.10. The fraction of sp³-hybridized carbons (Fsp3) is 0.0714. The number of hydrogen-bond donors (Lipinski definition) is 2. The van der Waals surface area contributed by atoms with Gasteiger partial charge >= 0.3 is 0 Å². The van der Waals surface area contributed by atoms with Crippen LogP contribution in [0.15, 0.2) is 46.9 Å². The summed E-state index contributed by atoms with van der Waals surface area (Å²) < 4.78 is 0.737. The van der Waals surface area contributed by atoms with Gasteiger partial charge in [0.05, 0.1) is 21.7 Å². The highest BCUT2D eigenvalue weighted by Crippen LogP contribution is 2.29. The first-order chi connectivity index (χ1) is 9.56. The van der Waals surface area contributed by atoms with Crippen molar-refractivity contribution in [3.63, 3.8) is 0 Å². The molecule has 0 radical (unpaired) electrons. The molecule has 1 amide bonds. The molecule has 2 rings (SSSR count). The van der Waals surface area contributed by atoms with Crippen molar-refractivity contribution in [1.29, 1.82) is 0 Å². The number of rotatable bonds is 4. The summed E-state index contributed by atoms with van der Waals surface area (Å²) in [5, 5.41) is 7.00. The molecule has 2 aromatic carbocycles. The van der Waals surface area contributed by atoms with Crippen molar-refractivity contribution in [3.8, 4) is 0 Å². The van der Waals surface area contributed by atoms with E-state index in [2.05, 4.69) is 26.6 Å². The van der Waals surface area contributed by atoms with Crippen molar-refractivity contribution in [2.75, 3.05) is 17.2 Å². The van der Waals surface area contributed by atoms with Crippen LogP contribution in [-0.2, 0) is 4.79 Å². The lowest BCUT2D eigenvalue weighted by Crippen LogP contribution is -2.21. The van der Waals surface area contributed by atoms with E-state index in [0.29, 0.717) is 15.7 Å². The minimum Gasteiger partial charge on any atom is -0.375 e. The van der Waals surface area contributed by atoms with Crippen LogP contribution in [-0.4, -0.2) is 12.5 Å². The lowest BCUT2D eigenvalue weighted by atomic mass is 10.3. The van der Waals surface area contributed by atoms with Crippen molar-refractivity contribution in [3.05, 3.63) is 57.0 Å². The minimum absolute atomic E-state index is 0.140. The Labute approximate surface area is 135 Å². The molecule has 0 heterocycles. The van der Waals surface area contributed by atoms with E-state index in [1.807, 2.05) is 12.1 Å². The summed E-state index contributed by atoms with van der Waals surface area (Å²) in [5.74, 6) is -0.154. The maximum atomic E-state index is 11.8. The average molecular weight is 374 g/mol. The van der Waals surface area contributed by atoms with Gasteiger partial charge in [-0.1, -0.05) is 29.3 Å². The number of amides is 1. The van der Waals surface area contributed by atoms with Gasteiger partial charge in [-0.25, -0.2) is 0 Å². The summed E-state index contributed by atoms with van der Waals surface area (Å²) in [4.78, 5) is 11.8. The Bertz CT molecular complexity index is 617. The first-order valence-corrected chi connectivity index (χ1v) is 7.34. The third-order valence-corrected chi connectivity index (χ3v) is 4.17. The maximum Gasteiger partial charge on any atom is 0.243 e. The largest absolute Gasteiger partial charge is 0.375 e. The van der Waals surface area contributed by atoms with E-state index in [1.165, 1.54) is 0 Å². The van der Waals surface area contributed by atoms with Gasteiger partial charge in [0.15, 0.2) is 0 Å². The Hall–Kier alpha value is -1.23. The van der Waals surface area contributed by atoms with Gasteiger partial charge < -0.3 is 10.6 Å². The molecule has 20 heavy (non-hydrogen) atoms. The Balaban J connectivity index is 1.92. The number of nitrogens with one attached hydrogen (secondary N) is 2. The van der Waals surface area contributed by atoms with Gasteiger partial charge in [-0.3, -0.25) is 4.79 Å². The van der Waals surface area contributed by atoms with E-state index in [-0.39, 0.29) is 12.5 Å². The van der Waals surface area contributed by atoms with Crippen molar-refractivity contribution < 1.29 is 4.79 Å². The predicted octanol–water partition coefficient (Wildman–Crippen LogP) is 4.81. The lowest BCUT2D eigenvalue weighted by molar-refractivity contribution is -0.114. The molecule has 0 bridgehead atoms. The second-order valence-electron chi connectivity index (χ2n) is 4.01. The summed E-state index contributed by atoms with van der Waals surface area (Å²) in [6.07, 6.45) is 0. The predicted molar refractivity (Wildman–Crippen MR) is 87.7 cm³/mol. The minimum atomic E-state index is -0.154. The summed E-state index contributed by atoms with van der Waals surface area (Å²) >= 11 is 15.1. The molecule has 0 aromatic heterocycles. The topological polar surface area (TPSA) is 41.1 Å². The molecule has 0 saturated carbocycles. The smallest absolute Gasteiger partial charge is 0.243 e. The van der Waals surface area contributed by atoms with Crippen molar-refractivity contribution >= 4 is 56.4 Å². The molecule has 2 N–H and O–H groups in total. The van der Waals surface area contributed by atoms with Crippen LogP contribution in [0, 0.1) is 0 Å². The van der Waals surface area contributed by atoms with Crippen LogP contribution in [0.2, 0.25) is 10.0 Å². The number of anilines is 2. The molecule has 104 valence electrons. The third-order valence-electron chi connectivity index (χ3n) is 2.52. The monoisotopic (exact) mass is 372 g/mol. The molecule has 0 spiro atoms. The van der Waals surface area contributed by atoms with Crippen LogP contribution in [0.4, 0.5) is 11.4 Å². The SMILES string of the molecule is O=C(CNc1cccc(Cl)c1Br)Nc1ccc(Cl)cc1. The molecule has 6 heteroatoms. The summed E-state index contributed by atoms with van der Waals surface area (Å²) in [6.45, 7) is 0.140. The number of halogens is 3. The standard InChI is InChI=1S/C14H11BrCl2N2O/c15-14-11(17)2-1-3-12(14)18-8-13(20)19-10-6-4-9(16)5-7-10/h1-7,18H,8H2,(H,19,20). The van der Waals surface area contributed by atoms with Crippen LogP contribution < -0.4 is 10.6 Å². The molecule has 0 unspecified atom stereocenters. The van der Waals surface area contributed by atoms with Crippen LogP contribution in [0.5, 0.6) is 0 Å². The Morgan fingerprint density at radius 3 is 2.50 bits per heavy atom. The molecular weight excluding hydrogens is 363 g/mol. The first kappa shape index (κ1) is 15.2. The molecule has 0 aliphatic rings. The molecule has 2 aromatic rings. The van der Waals surface area contributed by atoms with Crippen LogP contribution in [0.1, 0.15) is 0 Å². The van der Waals surface area contributed by atoms with Crippen LogP contribution >= 0.6 is 39.1 Å². The summed E-state index contributed by atoms with van der Waals surface area (Å²) in [6, 6.07) is 12.4. The molecular formula is C14H11BrCl2N2O. The molecule has 0 fully saturated rings. The van der Waals surface area contributed by atoms with E-state index < -0.39 is 0 Å². The molecule has 0 atom stereocenters. The Morgan fingerprint density at radius 1 is 1.10 bits per heavy atom. The zero-order chi connectivity index (χ0) is 14.5. The molecule has 0 aliphatic carbocycles. The van der Waals surface area contributed by atoms with Crippen molar-refractivity contribution in [1.82, 2.24) is 0 Å². The Morgan fingerprint density at radius 2 is 1.80 bits per heavy atom. The fourth-order valence-corrected chi connectivity index (χ4v) is 2.26. The highest BCUT2D eigenvalue weighted by atomic mass is 79.9. The van der Waals surface area contributed by atoms with Crippen molar-refractivity contribution in [2.45, 2.75) is 0 Å². The van der Waals surface area contributed by atoms with Gasteiger partial charge in [0.2, 0.25) is 5.91 Å². The highest BCUT2D eigenvalue weighted by Gasteiger charge is 2.06. The van der Waals surface area contributed by atoms with E-state index in [1.54, 1.807) is 30.3 Å². The van der Waals surface area contributed by atoms with E-state index in [4.69, 9.17) is 23.2 Å². The number of hydrogen-bond acceptors (Lipinski definition) is 2. The Kier molecular flexibility index (Phi) is 5.29. The maximum absolute atomic E-state index is 11.8. The number of benzene rings is 2. The van der Waals surface area contributed by atoms with E-state index in [9.17, 15) is 4.79 Å². The van der Waals surface area contributed by atoms with Gasteiger partial charge in [0, 0.05) is 10.7 Å². The zero-order valence-corrected chi connectivity index (χ0v) is 13.4. The molecule has 0 saturated heterocycles. The van der Waals surface area contributed by atoms with Gasteiger partial charge in [0.25, 0.3) is 0 Å². The van der Waals surface area contributed by atoms with Crippen LogP contribution in [0.25, 0.3) is 0 Å². The van der Waals surface area contributed by atoms with Gasteiger partial charge in [-0.2, -0.15) is 0 Å². The first-order valence-electron chi connectivity index (χ1n) is 5.79. The summed E-state index contributed by atoms with van der Waals surface area (Å²) in [7, 11) is 0. The fourth-order valence-electron chi connectivity index (χ4n) is 1.55. The van der Waals surface area contributed by atoms with E-state index in [0.717, 1.165) is 10.2 Å².